The molecule has 1 aromatic rings. The van der Waals surface area contributed by atoms with Crippen molar-refractivity contribution in [1.82, 2.24) is 10.3 Å². The largest absolute Gasteiger partial charge is 0.481 e. The molecule has 0 aliphatic carbocycles. The molecule has 2 atom stereocenters. The number of carboxylic acid groups (broad SMARTS) is 1. The van der Waals surface area contributed by atoms with Gasteiger partial charge < -0.3 is 10.4 Å². The molecule has 2 N–H and O–H groups in total. The Balaban J connectivity index is 2.07. The lowest BCUT2D eigenvalue weighted by Crippen LogP contribution is -2.34. The maximum absolute atomic E-state index is 10.9. The second kappa shape index (κ2) is 4.28. The summed E-state index contributed by atoms with van der Waals surface area (Å²) in [6.07, 6.45) is 3.25. The highest BCUT2D eigenvalue weighted by Crippen LogP contribution is 2.30. The molecule has 1 saturated heterocycles. The number of hydrogen-bond acceptors (Lipinski definition) is 4. The van der Waals surface area contributed by atoms with Gasteiger partial charge in [-0.15, -0.1) is 11.3 Å². The van der Waals surface area contributed by atoms with E-state index in [2.05, 4.69) is 10.3 Å². The van der Waals surface area contributed by atoms with E-state index in [1.807, 2.05) is 13.1 Å². The summed E-state index contributed by atoms with van der Waals surface area (Å²) in [6.45, 7) is 2.74. The summed E-state index contributed by atoms with van der Waals surface area (Å²) < 4.78 is 0. The van der Waals surface area contributed by atoms with Crippen molar-refractivity contribution in [1.29, 1.82) is 0 Å². The van der Waals surface area contributed by atoms with Crippen LogP contribution in [0.4, 0.5) is 0 Å². The van der Waals surface area contributed by atoms with Gasteiger partial charge in [-0.1, -0.05) is 0 Å². The van der Waals surface area contributed by atoms with Crippen molar-refractivity contribution in [3.05, 3.63) is 16.1 Å². The lowest BCUT2D eigenvalue weighted by atomic mass is 9.92. The summed E-state index contributed by atoms with van der Waals surface area (Å²) in [5.41, 5.74) is 0. The highest BCUT2D eigenvalue weighted by atomic mass is 32.1. The summed E-state index contributed by atoms with van der Waals surface area (Å²) in [6, 6.07) is 0.172. The number of carboxylic acids is 1. The minimum atomic E-state index is -0.678. The van der Waals surface area contributed by atoms with Crippen LogP contribution in [0.1, 0.15) is 28.8 Å². The van der Waals surface area contributed by atoms with Crippen LogP contribution in [-0.2, 0) is 4.79 Å². The van der Waals surface area contributed by atoms with E-state index in [4.69, 9.17) is 5.11 Å². The van der Waals surface area contributed by atoms with Gasteiger partial charge in [0.2, 0.25) is 0 Å². The Morgan fingerprint density at radius 2 is 2.53 bits per heavy atom. The van der Waals surface area contributed by atoms with Crippen molar-refractivity contribution in [3.8, 4) is 0 Å². The standard InChI is InChI=1S/C10H14N2O2S/c1-6-12-5-9(15-6)8-4-7(10(13)14)2-3-11-8/h5,7-8,11H,2-4H2,1H3,(H,13,14). The topological polar surface area (TPSA) is 62.2 Å². The van der Waals surface area contributed by atoms with Crippen LogP contribution in [0.15, 0.2) is 6.20 Å². The molecule has 1 aromatic heterocycles. The quantitative estimate of drug-likeness (QED) is 0.803. The van der Waals surface area contributed by atoms with E-state index in [0.29, 0.717) is 6.42 Å². The van der Waals surface area contributed by atoms with E-state index in [1.165, 1.54) is 0 Å². The van der Waals surface area contributed by atoms with Crippen LogP contribution in [0, 0.1) is 12.8 Å². The number of piperidine rings is 1. The third-order valence-corrected chi connectivity index (χ3v) is 3.76. The Morgan fingerprint density at radius 3 is 3.13 bits per heavy atom. The Morgan fingerprint density at radius 1 is 1.73 bits per heavy atom. The zero-order valence-electron chi connectivity index (χ0n) is 8.56. The molecule has 5 heteroatoms. The molecule has 2 heterocycles. The molecule has 2 unspecified atom stereocenters. The van der Waals surface area contributed by atoms with Crippen molar-refractivity contribution in [2.45, 2.75) is 25.8 Å². The lowest BCUT2D eigenvalue weighted by molar-refractivity contribution is -0.142. The summed E-state index contributed by atoms with van der Waals surface area (Å²) in [7, 11) is 0. The molecule has 1 fully saturated rings. The summed E-state index contributed by atoms with van der Waals surface area (Å²) in [4.78, 5) is 16.2. The first kappa shape index (κ1) is 10.6. The van der Waals surface area contributed by atoms with Gasteiger partial charge in [-0.2, -0.15) is 0 Å². The Hall–Kier alpha value is -0.940. The third kappa shape index (κ3) is 2.35. The van der Waals surface area contributed by atoms with Crippen molar-refractivity contribution >= 4 is 17.3 Å². The van der Waals surface area contributed by atoms with Crippen molar-refractivity contribution in [2.75, 3.05) is 6.54 Å². The van der Waals surface area contributed by atoms with Crippen LogP contribution in [-0.4, -0.2) is 22.6 Å². The van der Waals surface area contributed by atoms with E-state index in [1.54, 1.807) is 11.3 Å². The number of thiazole rings is 1. The monoisotopic (exact) mass is 226 g/mol. The van der Waals surface area contributed by atoms with Gasteiger partial charge >= 0.3 is 5.97 Å². The van der Waals surface area contributed by atoms with E-state index in [9.17, 15) is 4.79 Å². The smallest absolute Gasteiger partial charge is 0.306 e. The van der Waals surface area contributed by atoms with Gasteiger partial charge in [-0.3, -0.25) is 4.79 Å². The van der Waals surface area contributed by atoms with E-state index >= 15 is 0 Å². The maximum atomic E-state index is 10.9. The predicted octanol–water partition coefficient (Wildman–Crippen LogP) is 1.58. The van der Waals surface area contributed by atoms with Gasteiger partial charge in [0.25, 0.3) is 0 Å². The highest BCUT2D eigenvalue weighted by Gasteiger charge is 2.28. The molecule has 0 saturated carbocycles. The van der Waals surface area contributed by atoms with Crippen molar-refractivity contribution in [2.24, 2.45) is 5.92 Å². The average molecular weight is 226 g/mol. The fourth-order valence-electron chi connectivity index (χ4n) is 1.90. The van der Waals surface area contributed by atoms with Crippen LogP contribution in [0.5, 0.6) is 0 Å². The second-order valence-corrected chi connectivity index (χ2v) is 5.11. The van der Waals surface area contributed by atoms with Gasteiger partial charge in [-0.25, -0.2) is 4.98 Å². The molecule has 82 valence electrons. The zero-order chi connectivity index (χ0) is 10.8. The predicted molar refractivity (Wildman–Crippen MR) is 58.0 cm³/mol. The second-order valence-electron chi connectivity index (χ2n) is 3.85. The lowest BCUT2D eigenvalue weighted by Gasteiger charge is -2.26. The van der Waals surface area contributed by atoms with Gasteiger partial charge in [0.15, 0.2) is 0 Å². The minimum absolute atomic E-state index is 0.172. The first-order valence-corrected chi connectivity index (χ1v) is 5.87. The first-order valence-electron chi connectivity index (χ1n) is 5.05. The van der Waals surface area contributed by atoms with Crippen LogP contribution in [0.2, 0.25) is 0 Å². The van der Waals surface area contributed by atoms with Crippen LogP contribution in [0.3, 0.4) is 0 Å². The third-order valence-electron chi connectivity index (χ3n) is 2.74. The van der Waals surface area contributed by atoms with E-state index < -0.39 is 5.97 Å². The number of aliphatic carboxylic acids is 1. The molecule has 1 aliphatic heterocycles. The molecule has 0 amide bonds. The molecule has 0 radical (unpaired) electrons. The average Bonchev–Trinajstić information content (AvgIpc) is 2.65. The molecule has 0 spiro atoms. The number of nitrogens with zero attached hydrogens (tertiary/aromatic N) is 1. The number of rotatable bonds is 2. The minimum Gasteiger partial charge on any atom is -0.481 e. The maximum Gasteiger partial charge on any atom is 0.306 e. The van der Waals surface area contributed by atoms with Gasteiger partial charge in [-0.05, 0) is 26.3 Å². The van der Waals surface area contributed by atoms with Crippen LogP contribution >= 0.6 is 11.3 Å². The molecule has 4 nitrogen and oxygen atoms in total. The van der Waals surface area contributed by atoms with Gasteiger partial charge in [0.1, 0.15) is 0 Å². The Bertz CT molecular complexity index is 364. The van der Waals surface area contributed by atoms with Crippen LogP contribution in [0.25, 0.3) is 0 Å². The number of carbonyl (C=O) groups is 1. The molecular formula is C10H14N2O2S. The number of aryl methyl sites for hydroxylation is 1. The Labute approximate surface area is 92.3 Å². The number of hydrogen-bond donors (Lipinski definition) is 2. The van der Waals surface area contributed by atoms with Crippen LogP contribution < -0.4 is 5.32 Å². The summed E-state index contributed by atoms with van der Waals surface area (Å²) in [5.74, 6) is -0.888. The van der Waals surface area contributed by atoms with Crippen molar-refractivity contribution in [3.63, 3.8) is 0 Å². The summed E-state index contributed by atoms with van der Waals surface area (Å²) >= 11 is 1.64. The molecule has 2 rings (SSSR count). The number of nitrogens with one attached hydrogen (secondary N) is 1. The Kier molecular flexibility index (Phi) is 3.02. The SMILES string of the molecule is Cc1ncc(C2CC(C(=O)O)CCN2)s1. The molecule has 0 bridgehead atoms. The molecular weight excluding hydrogens is 212 g/mol. The fraction of sp³-hybridized carbons (Fsp3) is 0.600. The highest BCUT2D eigenvalue weighted by molar-refractivity contribution is 7.11. The molecule has 1 aliphatic rings. The van der Waals surface area contributed by atoms with Crippen molar-refractivity contribution < 1.29 is 9.90 Å². The fourth-order valence-corrected chi connectivity index (χ4v) is 2.77. The van der Waals surface area contributed by atoms with Gasteiger partial charge in [0, 0.05) is 17.1 Å². The summed E-state index contributed by atoms with van der Waals surface area (Å²) in [5, 5.41) is 13.3. The van der Waals surface area contributed by atoms with E-state index in [0.717, 1.165) is 22.9 Å². The number of aromatic nitrogens is 1. The molecule has 0 aromatic carbocycles. The molecule has 15 heavy (non-hydrogen) atoms. The van der Waals surface area contributed by atoms with E-state index in [-0.39, 0.29) is 12.0 Å². The first-order chi connectivity index (χ1) is 7.16. The van der Waals surface area contributed by atoms with Gasteiger partial charge in [0.05, 0.1) is 10.9 Å². The zero-order valence-corrected chi connectivity index (χ0v) is 9.38. The normalized spacial score (nSPS) is 26.5.